The van der Waals surface area contributed by atoms with Gasteiger partial charge in [0.2, 0.25) is 11.1 Å². The number of amides is 1. The molecule has 3 rings (SSSR count). The van der Waals surface area contributed by atoms with Crippen LogP contribution in [-0.4, -0.2) is 25.9 Å². The second kappa shape index (κ2) is 7.63. The predicted octanol–water partition coefficient (Wildman–Crippen LogP) is 4.15. The van der Waals surface area contributed by atoms with E-state index < -0.39 is 0 Å². The second-order valence-electron chi connectivity index (χ2n) is 5.06. The van der Waals surface area contributed by atoms with Crippen molar-refractivity contribution in [3.63, 3.8) is 0 Å². The molecule has 0 bridgehead atoms. The topological polar surface area (TPSA) is 59.8 Å². The number of rotatable bonds is 5. The number of thioether (sulfide) groups is 1. The fourth-order valence-electron chi connectivity index (χ4n) is 2.00. The molecule has 1 unspecified atom stereocenters. The van der Waals surface area contributed by atoms with Crippen molar-refractivity contribution in [1.29, 1.82) is 0 Å². The van der Waals surface area contributed by atoms with Gasteiger partial charge in [0.05, 0.1) is 10.9 Å². The summed E-state index contributed by atoms with van der Waals surface area (Å²) in [5, 5.41) is 7.55. The van der Waals surface area contributed by atoms with Crippen LogP contribution in [0.1, 0.15) is 6.92 Å². The van der Waals surface area contributed by atoms with Gasteiger partial charge in [-0.3, -0.25) is 4.79 Å². The Bertz CT molecular complexity index is 820. The van der Waals surface area contributed by atoms with Crippen LogP contribution in [0.25, 0.3) is 5.69 Å². The molecule has 1 N–H and O–H groups in total. The monoisotopic (exact) mass is 402 g/mol. The molecule has 3 aromatic rings. The minimum absolute atomic E-state index is 0.0848. The Morgan fingerprint density at radius 1 is 1.17 bits per heavy atom. The summed E-state index contributed by atoms with van der Waals surface area (Å²) in [4.78, 5) is 16.5. The SMILES string of the molecule is CC(Sc1ncn(-c2ccccc2)n1)C(=O)Nc1ccc(Br)cc1. The summed E-state index contributed by atoms with van der Waals surface area (Å²) < 4.78 is 2.67. The predicted molar refractivity (Wildman–Crippen MR) is 99.4 cm³/mol. The van der Waals surface area contributed by atoms with Crippen LogP contribution in [0.3, 0.4) is 0 Å². The average Bonchev–Trinajstić information content (AvgIpc) is 3.06. The summed E-state index contributed by atoms with van der Waals surface area (Å²) >= 11 is 4.70. The number of benzene rings is 2. The molecule has 1 aromatic heterocycles. The lowest BCUT2D eigenvalue weighted by Crippen LogP contribution is -2.22. The van der Waals surface area contributed by atoms with E-state index in [2.05, 4.69) is 31.3 Å². The van der Waals surface area contributed by atoms with E-state index in [-0.39, 0.29) is 11.2 Å². The number of hydrogen-bond donors (Lipinski definition) is 1. The third-order valence-electron chi connectivity index (χ3n) is 3.25. The number of halogens is 1. The molecule has 7 heteroatoms. The van der Waals surface area contributed by atoms with Gasteiger partial charge in [-0.05, 0) is 43.3 Å². The molecule has 122 valence electrons. The zero-order chi connectivity index (χ0) is 16.9. The normalized spacial score (nSPS) is 11.9. The molecule has 1 heterocycles. The van der Waals surface area contributed by atoms with Crippen molar-refractivity contribution < 1.29 is 4.79 Å². The van der Waals surface area contributed by atoms with Gasteiger partial charge in [-0.2, -0.15) is 0 Å². The lowest BCUT2D eigenvalue weighted by Gasteiger charge is -2.10. The van der Waals surface area contributed by atoms with Crippen molar-refractivity contribution in [3.8, 4) is 5.69 Å². The number of para-hydroxylation sites is 1. The Hall–Kier alpha value is -2.12. The third-order valence-corrected chi connectivity index (χ3v) is 4.75. The van der Waals surface area contributed by atoms with E-state index in [4.69, 9.17) is 0 Å². The fourth-order valence-corrected chi connectivity index (χ4v) is 2.99. The zero-order valence-corrected chi connectivity index (χ0v) is 15.3. The number of anilines is 1. The molecule has 2 aromatic carbocycles. The lowest BCUT2D eigenvalue weighted by atomic mass is 10.3. The first-order valence-corrected chi connectivity index (χ1v) is 8.99. The van der Waals surface area contributed by atoms with Crippen molar-refractivity contribution in [3.05, 3.63) is 65.4 Å². The first-order chi connectivity index (χ1) is 11.6. The summed E-state index contributed by atoms with van der Waals surface area (Å²) in [5.41, 5.74) is 1.70. The van der Waals surface area contributed by atoms with E-state index in [9.17, 15) is 4.79 Å². The van der Waals surface area contributed by atoms with E-state index in [1.165, 1.54) is 11.8 Å². The highest BCUT2D eigenvalue weighted by molar-refractivity contribution is 9.10. The number of nitrogens with zero attached hydrogens (tertiary/aromatic N) is 3. The maximum Gasteiger partial charge on any atom is 0.237 e. The maximum absolute atomic E-state index is 12.3. The van der Waals surface area contributed by atoms with Gasteiger partial charge in [-0.1, -0.05) is 45.9 Å². The Kier molecular flexibility index (Phi) is 5.32. The van der Waals surface area contributed by atoms with Gasteiger partial charge in [0, 0.05) is 10.2 Å². The van der Waals surface area contributed by atoms with Gasteiger partial charge >= 0.3 is 0 Å². The molecule has 0 saturated carbocycles. The van der Waals surface area contributed by atoms with Gasteiger partial charge in [-0.15, -0.1) is 5.10 Å². The van der Waals surface area contributed by atoms with Crippen molar-refractivity contribution in [1.82, 2.24) is 14.8 Å². The zero-order valence-electron chi connectivity index (χ0n) is 12.9. The van der Waals surface area contributed by atoms with Gasteiger partial charge in [0.15, 0.2) is 0 Å². The van der Waals surface area contributed by atoms with E-state index in [0.717, 1.165) is 15.8 Å². The highest BCUT2D eigenvalue weighted by Gasteiger charge is 2.17. The standard InChI is InChI=1S/C17H15BrN4OS/c1-12(16(23)20-14-9-7-13(18)8-10-14)24-17-19-11-22(21-17)15-5-3-2-4-6-15/h2-12H,1H3,(H,20,23). The smallest absolute Gasteiger partial charge is 0.237 e. The van der Waals surface area contributed by atoms with Crippen LogP contribution >= 0.6 is 27.7 Å². The van der Waals surface area contributed by atoms with Gasteiger partial charge in [0.1, 0.15) is 6.33 Å². The molecule has 0 aliphatic heterocycles. The molecule has 0 aliphatic rings. The van der Waals surface area contributed by atoms with Crippen LogP contribution < -0.4 is 5.32 Å². The molecular formula is C17H15BrN4OS. The van der Waals surface area contributed by atoms with Gasteiger partial charge in [0.25, 0.3) is 0 Å². The second-order valence-corrected chi connectivity index (χ2v) is 7.29. The van der Waals surface area contributed by atoms with Gasteiger partial charge in [-0.25, -0.2) is 9.67 Å². The molecular weight excluding hydrogens is 388 g/mol. The first kappa shape index (κ1) is 16.7. The Morgan fingerprint density at radius 2 is 1.88 bits per heavy atom. The molecule has 0 aliphatic carbocycles. The number of hydrogen-bond acceptors (Lipinski definition) is 4. The lowest BCUT2D eigenvalue weighted by molar-refractivity contribution is -0.115. The quantitative estimate of drug-likeness (QED) is 0.651. The summed E-state index contributed by atoms with van der Waals surface area (Å²) in [7, 11) is 0. The van der Waals surface area contributed by atoms with Crippen LogP contribution in [0.4, 0.5) is 5.69 Å². The number of nitrogens with one attached hydrogen (secondary N) is 1. The first-order valence-electron chi connectivity index (χ1n) is 7.32. The van der Waals surface area contributed by atoms with Crippen molar-refractivity contribution in [2.24, 2.45) is 0 Å². The molecule has 0 radical (unpaired) electrons. The molecule has 5 nitrogen and oxygen atoms in total. The molecule has 0 spiro atoms. The summed E-state index contributed by atoms with van der Waals surface area (Å²) in [5.74, 6) is -0.0848. The van der Waals surface area contributed by atoms with Crippen LogP contribution in [0.5, 0.6) is 0 Å². The van der Waals surface area contributed by atoms with E-state index in [1.54, 1.807) is 11.0 Å². The summed E-state index contributed by atoms with van der Waals surface area (Å²) in [6.07, 6.45) is 1.65. The Labute approximate surface area is 152 Å². The minimum Gasteiger partial charge on any atom is -0.325 e. The third kappa shape index (κ3) is 4.24. The van der Waals surface area contributed by atoms with Crippen molar-refractivity contribution in [2.75, 3.05) is 5.32 Å². The van der Waals surface area contributed by atoms with E-state index >= 15 is 0 Å². The maximum atomic E-state index is 12.3. The molecule has 0 fully saturated rings. The molecule has 0 saturated heterocycles. The number of aromatic nitrogens is 3. The van der Waals surface area contributed by atoms with Gasteiger partial charge < -0.3 is 5.32 Å². The molecule has 24 heavy (non-hydrogen) atoms. The van der Waals surface area contributed by atoms with Crippen LogP contribution in [0.15, 0.2) is 70.6 Å². The summed E-state index contributed by atoms with van der Waals surface area (Å²) in [6.45, 7) is 1.84. The highest BCUT2D eigenvalue weighted by Crippen LogP contribution is 2.22. The number of carbonyl (C=O) groups is 1. The van der Waals surface area contributed by atoms with Crippen LogP contribution in [0.2, 0.25) is 0 Å². The van der Waals surface area contributed by atoms with E-state index in [0.29, 0.717) is 5.16 Å². The van der Waals surface area contributed by atoms with Crippen molar-refractivity contribution in [2.45, 2.75) is 17.3 Å². The molecule has 1 atom stereocenters. The largest absolute Gasteiger partial charge is 0.325 e. The average molecular weight is 403 g/mol. The number of carbonyl (C=O) groups excluding carboxylic acids is 1. The summed E-state index contributed by atoms with van der Waals surface area (Å²) in [6, 6.07) is 17.2. The van der Waals surface area contributed by atoms with Crippen LogP contribution in [0, 0.1) is 0 Å². The van der Waals surface area contributed by atoms with E-state index in [1.807, 2.05) is 61.5 Å². The van der Waals surface area contributed by atoms with Crippen molar-refractivity contribution >= 4 is 39.3 Å². The fraction of sp³-hybridized carbons (Fsp3) is 0.118. The minimum atomic E-state index is -0.305. The van der Waals surface area contributed by atoms with Crippen LogP contribution in [-0.2, 0) is 4.79 Å². The highest BCUT2D eigenvalue weighted by atomic mass is 79.9. The Balaban J connectivity index is 1.62. The Morgan fingerprint density at radius 3 is 2.58 bits per heavy atom. The molecule has 1 amide bonds.